The molecule has 6 heteroatoms. The lowest BCUT2D eigenvalue weighted by atomic mass is 10.0. The van der Waals surface area contributed by atoms with Crippen molar-refractivity contribution in [2.45, 2.75) is 148 Å². The van der Waals surface area contributed by atoms with Gasteiger partial charge in [0.05, 0.1) is 13.7 Å². The lowest BCUT2D eigenvalue weighted by molar-refractivity contribution is -0.151. The molecule has 0 unspecified atom stereocenters. The molecule has 0 bridgehead atoms. The maximum atomic E-state index is 12.2. The van der Waals surface area contributed by atoms with Crippen molar-refractivity contribution in [3.63, 3.8) is 0 Å². The molecule has 0 saturated carbocycles. The second-order valence-electron chi connectivity index (χ2n) is 12.0. The Kier molecular flexibility index (Phi) is 19.5. The van der Waals surface area contributed by atoms with Crippen LogP contribution in [0.15, 0.2) is 24.3 Å². The Morgan fingerprint density at radius 2 is 1.15 bits per heavy atom. The van der Waals surface area contributed by atoms with E-state index in [2.05, 4.69) is 53.7 Å². The largest absolute Gasteiger partial charge is 0.497 e. The number of unbranched alkanes of at least 4 members (excludes halogenated alkanes) is 11. The fourth-order valence-corrected chi connectivity index (χ4v) is 11.2. The number of hydrogen-bond donors (Lipinski definition) is 0. The summed E-state index contributed by atoms with van der Waals surface area (Å²) in [5, 5.41) is 0. The molecule has 1 aromatic carbocycles. The second kappa shape index (κ2) is 21.4. The van der Waals surface area contributed by atoms with E-state index in [1.807, 2.05) is 12.1 Å². The van der Waals surface area contributed by atoms with Gasteiger partial charge in [0.2, 0.25) is 8.32 Å². The molecule has 0 fully saturated rings. The zero-order valence-corrected chi connectivity index (χ0v) is 27.4. The van der Waals surface area contributed by atoms with Gasteiger partial charge in [-0.2, -0.15) is 0 Å². The van der Waals surface area contributed by atoms with Gasteiger partial charge in [-0.05, 0) is 47.2 Å². The topological polar surface area (TPSA) is 54.0 Å². The van der Waals surface area contributed by atoms with E-state index < -0.39 is 8.32 Å². The number of rotatable bonds is 24. The van der Waals surface area contributed by atoms with Crippen LogP contribution in [0.1, 0.15) is 131 Å². The molecule has 226 valence electrons. The fourth-order valence-electron chi connectivity index (χ4n) is 5.92. The van der Waals surface area contributed by atoms with Crippen LogP contribution in [0, 0.1) is 0 Å². The molecule has 0 amide bonds. The highest BCUT2D eigenvalue weighted by molar-refractivity contribution is 6.77. The van der Waals surface area contributed by atoms with Gasteiger partial charge < -0.3 is 18.6 Å². The summed E-state index contributed by atoms with van der Waals surface area (Å²) in [5.74, 6) is 0.773. The van der Waals surface area contributed by atoms with E-state index in [9.17, 15) is 4.79 Å². The summed E-state index contributed by atoms with van der Waals surface area (Å²) in [4.78, 5) is 12.2. The number of hydrogen-bond acceptors (Lipinski definition) is 5. The first-order valence-electron chi connectivity index (χ1n) is 15.7. The SMILES string of the molecule is COc1ccc(COCCCCCCCCCCCCCCC(=O)OCO[Si](C(C)C)(C(C)C)C(C)C)cc1. The van der Waals surface area contributed by atoms with Crippen molar-refractivity contribution >= 4 is 14.3 Å². The van der Waals surface area contributed by atoms with Crippen molar-refractivity contribution in [2.24, 2.45) is 0 Å². The van der Waals surface area contributed by atoms with Gasteiger partial charge in [-0.1, -0.05) is 118 Å². The molecule has 1 aromatic rings. The number of benzene rings is 1. The van der Waals surface area contributed by atoms with E-state index in [0.29, 0.717) is 29.7 Å². The summed E-state index contributed by atoms with van der Waals surface area (Å²) >= 11 is 0. The van der Waals surface area contributed by atoms with E-state index in [0.717, 1.165) is 31.6 Å². The summed E-state index contributed by atoms with van der Waals surface area (Å²) in [7, 11) is -0.281. The summed E-state index contributed by atoms with van der Waals surface area (Å²) in [6, 6.07) is 8.08. The number of esters is 1. The van der Waals surface area contributed by atoms with Crippen LogP contribution in [-0.4, -0.2) is 34.8 Å². The highest BCUT2D eigenvalue weighted by atomic mass is 28.4. The number of methoxy groups -OCH3 is 1. The van der Waals surface area contributed by atoms with Gasteiger partial charge in [0, 0.05) is 13.0 Å². The molecule has 0 saturated heterocycles. The third kappa shape index (κ3) is 14.7. The van der Waals surface area contributed by atoms with Gasteiger partial charge in [0.1, 0.15) is 5.75 Å². The van der Waals surface area contributed by atoms with Gasteiger partial charge in [-0.25, -0.2) is 0 Å². The molecule has 0 radical (unpaired) electrons. The van der Waals surface area contributed by atoms with Crippen molar-refractivity contribution in [3.05, 3.63) is 29.8 Å². The molecule has 0 N–H and O–H groups in total. The van der Waals surface area contributed by atoms with Gasteiger partial charge in [-0.3, -0.25) is 4.79 Å². The Bertz CT molecular complexity index is 710. The number of carbonyl (C=O) groups is 1. The van der Waals surface area contributed by atoms with E-state index in [-0.39, 0.29) is 12.8 Å². The molecule has 39 heavy (non-hydrogen) atoms. The first kappa shape index (κ1) is 35.7. The van der Waals surface area contributed by atoms with E-state index >= 15 is 0 Å². The Labute approximate surface area is 241 Å². The van der Waals surface area contributed by atoms with Crippen LogP contribution in [0.5, 0.6) is 5.75 Å². The fraction of sp³-hybridized carbons (Fsp3) is 0.788. The van der Waals surface area contributed by atoms with Crippen LogP contribution < -0.4 is 4.74 Å². The molecular formula is C33H60O5Si. The Balaban J connectivity index is 1.90. The molecule has 0 aliphatic carbocycles. The average molecular weight is 565 g/mol. The van der Waals surface area contributed by atoms with Crippen molar-refractivity contribution in [1.29, 1.82) is 0 Å². The van der Waals surface area contributed by atoms with Crippen LogP contribution in [-0.2, 0) is 25.3 Å². The normalized spacial score (nSPS) is 12.1. The predicted molar refractivity (Wildman–Crippen MR) is 166 cm³/mol. The first-order chi connectivity index (χ1) is 18.7. The van der Waals surface area contributed by atoms with Crippen LogP contribution in [0.2, 0.25) is 16.6 Å². The van der Waals surface area contributed by atoms with Crippen LogP contribution in [0.25, 0.3) is 0 Å². The van der Waals surface area contributed by atoms with Crippen molar-refractivity contribution < 1.29 is 23.4 Å². The minimum absolute atomic E-state index is 0.113. The monoisotopic (exact) mass is 564 g/mol. The molecule has 0 aliphatic heterocycles. The molecule has 0 aromatic heterocycles. The molecular weight excluding hydrogens is 504 g/mol. The van der Waals surface area contributed by atoms with Gasteiger partial charge in [-0.15, -0.1) is 0 Å². The van der Waals surface area contributed by atoms with Gasteiger partial charge in [0.15, 0.2) is 6.79 Å². The predicted octanol–water partition coefficient (Wildman–Crippen LogP) is 9.98. The van der Waals surface area contributed by atoms with Gasteiger partial charge >= 0.3 is 5.97 Å². The minimum atomic E-state index is -1.97. The Morgan fingerprint density at radius 1 is 0.692 bits per heavy atom. The maximum Gasteiger partial charge on any atom is 0.307 e. The summed E-state index contributed by atoms with van der Waals surface area (Å²) in [5.41, 5.74) is 2.69. The lowest BCUT2D eigenvalue weighted by Crippen LogP contribution is -2.48. The third-order valence-electron chi connectivity index (χ3n) is 8.08. The minimum Gasteiger partial charge on any atom is -0.497 e. The average Bonchev–Trinajstić information content (AvgIpc) is 2.90. The zero-order chi connectivity index (χ0) is 28.9. The van der Waals surface area contributed by atoms with Crippen molar-refractivity contribution in [3.8, 4) is 5.75 Å². The van der Waals surface area contributed by atoms with Crippen molar-refractivity contribution in [1.82, 2.24) is 0 Å². The molecule has 0 heterocycles. The van der Waals surface area contributed by atoms with Crippen LogP contribution in [0.4, 0.5) is 0 Å². The lowest BCUT2D eigenvalue weighted by Gasteiger charge is -2.41. The van der Waals surface area contributed by atoms with E-state index in [1.165, 1.54) is 63.4 Å². The van der Waals surface area contributed by atoms with E-state index in [1.54, 1.807) is 7.11 Å². The second-order valence-corrected chi connectivity index (χ2v) is 17.4. The van der Waals surface area contributed by atoms with Gasteiger partial charge in [0.25, 0.3) is 0 Å². The standard InChI is InChI=1S/C33H60O5Si/c1-28(2)39(29(3)4,30(5)6)38-27-37-33(34)20-18-16-14-12-10-8-9-11-13-15-17-19-25-36-26-31-21-23-32(35-7)24-22-31/h21-24,28-30H,8-20,25-27H2,1-7H3. The van der Waals surface area contributed by atoms with E-state index in [4.69, 9.17) is 18.6 Å². The zero-order valence-electron chi connectivity index (χ0n) is 26.4. The molecule has 0 atom stereocenters. The molecule has 0 spiro atoms. The first-order valence-corrected chi connectivity index (χ1v) is 17.9. The Hall–Kier alpha value is -1.37. The smallest absolute Gasteiger partial charge is 0.307 e. The number of ether oxygens (including phenoxy) is 3. The summed E-state index contributed by atoms with van der Waals surface area (Å²) in [6.45, 7) is 15.1. The maximum absolute atomic E-state index is 12.2. The highest BCUT2D eigenvalue weighted by Crippen LogP contribution is 2.42. The Morgan fingerprint density at radius 3 is 1.62 bits per heavy atom. The summed E-state index contributed by atoms with van der Waals surface area (Å²) in [6.07, 6.45) is 15.4. The third-order valence-corrected chi connectivity index (χ3v) is 14.1. The van der Waals surface area contributed by atoms with Crippen LogP contribution in [0.3, 0.4) is 0 Å². The number of carbonyl (C=O) groups excluding carboxylic acids is 1. The molecule has 1 rings (SSSR count). The molecule has 0 aliphatic rings. The highest BCUT2D eigenvalue weighted by Gasteiger charge is 2.45. The molecule has 5 nitrogen and oxygen atoms in total. The quantitative estimate of drug-likeness (QED) is 0.0541. The summed E-state index contributed by atoms with van der Waals surface area (Å²) < 4.78 is 22.7. The van der Waals surface area contributed by atoms with Crippen LogP contribution >= 0.6 is 0 Å². The van der Waals surface area contributed by atoms with Crippen molar-refractivity contribution in [2.75, 3.05) is 20.5 Å².